The zero-order chi connectivity index (χ0) is 28.2. The zero-order valence-corrected chi connectivity index (χ0v) is 24.5. The van der Waals surface area contributed by atoms with Gasteiger partial charge >= 0.3 is 24.8 Å². The van der Waals surface area contributed by atoms with Crippen molar-refractivity contribution in [1.29, 1.82) is 0 Å². The Hall–Kier alpha value is -2.20. The maximum atomic E-state index is 13.3. The van der Waals surface area contributed by atoms with Crippen molar-refractivity contribution in [3.63, 3.8) is 0 Å². The van der Waals surface area contributed by atoms with Gasteiger partial charge in [0.15, 0.2) is 0 Å². The summed E-state index contributed by atoms with van der Waals surface area (Å²) in [5.74, 6) is -0.781. The molecule has 2 unspecified atom stereocenters. The van der Waals surface area contributed by atoms with E-state index in [1.54, 1.807) is 17.8 Å². The maximum absolute atomic E-state index is 13.3. The molecule has 0 heterocycles. The van der Waals surface area contributed by atoms with Gasteiger partial charge < -0.3 is 15.2 Å². The monoisotopic (exact) mass is 575 g/mol. The molecule has 3 aromatic rings. The van der Waals surface area contributed by atoms with Gasteiger partial charge in [-0.1, -0.05) is 79.9 Å². The number of hydrogen-bond donors (Lipinski definition) is 2. The first-order valence-electron chi connectivity index (χ1n) is 13.4. The van der Waals surface area contributed by atoms with E-state index < -0.39 is 17.9 Å². The number of unbranched alkanes of at least 4 members (excludes halogenated alkanes) is 1. The third-order valence-corrected chi connectivity index (χ3v) is 7.76. The van der Waals surface area contributed by atoms with E-state index in [4.69, 9.17) is 16.3 Å². The molecule has 2 N–H and O–H groups in total. The average Bonchev–Trinajstić information content (AvgIpc) is 2.93. The summed E-state index contributed by atoms with van der Waals surface area (Å²) in [7, 11) is 0. The summed E-state index contributed by atoms with van der Waals surface area (Å²) in [4.78, 5) is 25.1. The van der Waals surface area contributed by atoms with E-state index in [1.807, 2.05) is 73.8 Å². The predicted octanol–water partition coefficient (Wildman–Crippen LogP) is 6.92. The van der Waals surface area contributed by atoms with Crippen LogP contribution >= 0.6 is 23.4 Å². The summed E-state index contributed by atoms with van der Waals surface area (Å²) in [6.07, 6.45) is 6.10. The normalized spacial score (nSPS) is 12.3. The van der Waals surface area contributed by atoms with Crippen molar-refractivity contribution in [2.75, 3.05) is 12.0 Å². The van der Waals surface area contributed by atoms with Gasteiger partial charge in [-0.15, -0.1) is 0 Å². The molecule has 0 spiro atoms. The molecular formula is C32H39ClLiNO4S. The fraction of sp³-hybridized carbons (Fsp3) is 0.375. The van der Waals surface area contributed by atoms with E-state index in [1.165, 1.54) is 0 Å². The minimum atomic E-state index is -1.03. The van der Waals surface area contributed by atoms with Gasteiger partial charge in [0.1, 0.15) is 6.04 Å². The van der Waals surface area contributed by atoms with Gasteiger partial charge in [0.25, 0.3) is 5.91 Å². The Morgan fingerprint density at radius 3 is 2.42 bits per heavy atom. The number of thioether (sulfide) groups is 1. The molecule has 0 fully saturated rings. The van der Waals surface area contributed by atoms with Crippen LogP contribution in [0, 0.1) is 6.92 Å². The van der Waals surface area contributed by atoms with Gasteiger partial charge in [-0.3, -0.25) is 4.79 Å². The number of nitrogens with one attached hydrogen (secondary N) is 1. The molecule has 210 valence electrons. The summed E-state index contributed by atoms with van der Waals surface area (Å²) in [5, 5.41) is 13.1. The van der Waals surface area contributed by atoms with E-state index >= 15 is 0 Å². The van der Waals surface area contributed by atoms with Crippen LogP contribution in [0.5, 0.6) is 0 Å². The van der Waals surface area contributed by atoms with Crippen LogP contribution < -0.4 is 5.32 Å². The Balaban J connectivity index is 0.00000560. The van der Waals surface area contributed by atoms with E-state index in [0.29, 0.717) is 24.3 Å². The summed E-state index contributed by atoms with van der Waals surface area (Å²) in [6, 6.07) is 20.5. The Bertz CT molecular complexity index is 1260. The Morgan fingerprint density at radius 1 is 1.02 bits per heavy atom. The van der Waals surface area contributed by atoms with Crippen molar-refractivity contribution < 1.29 is 19.4 Å². The van der Waals surface area contributed by atoms with E-state index in [-0.39, 0.29) is 25.0 Å². The van der Waals surface area contributed by atoms with Gasteiger partial charge in [0.2, 0.25) is 0 Å². The number of carboxylic acids is 1. The Labute approximate surface area is 259 Å². The van der Waals surface area contributed by atoms with Crippen molar-refractivity contribution in [3.8, 4) is 11.1 Å². The molecule has 3 rings (SSSR count). The first kappa shape index (κ1) is 34.0. The number of aliphatic carboxylic acids is 1. The number of amides is 1. The second kappa shape index (κ2) is 17.6. The van der Waals surface area contributed by atoms with Crippen LogP contribution in [-0.2, 0) is 22.6 Å². The summed E-state index contributed by atoms with van der Waals surface area (Å²) in [5.41, 5.74) is 5.18. The number of benzene rings is 3. The topological polar surface area (TPSA) is 75.6 Å². The van der Waals surface area contributed by atoms with E-state index in [2.05, 4.69) is 12.2 Å². The molecule has 8 heteroatoms. The molecule has 0 bridgehead atoms. The number of ether oxygens (including phenoxy) is 1. The van der Waals surface area contributed by atoms with Gasteiger partial charge in [-0.2, -0.15) is 11.8 Å². The van der Waals surface area contributed by atoms with Gasteiger partial charge in [0.05, 0.1) is 12.7 Å². The van der Waals surface area contributed by atoms with Crippen LogP contribution in [0.3, 0.4) is 0 Å². The molecule has 3 aromatic carbocycles. The molecular weight excluding hydrogens is 537 g/mol. The summed E-state index contributed by atoms with van der Waals surface area (Å²) in [6.45, 7) is 4.56. The third-order valence-electron chi connectivity index (χ3n) is 6.75. The van der Waals surface area contributed by atoms with Crippen molar-refractivity contribution in [3.05, 3.63) is 94.0 Å². The molecule has 1 amide bonds. The van der Waals surface area contributed by atoms with Crippen molar-refractivity contribution >= 4 is 54.1 Å². The molecule has 0 aromatic heterocycles. The van der Waals surface area contributed by atoms with Gasteiger partial charge in [-0.05, 0) is 77.8 Å². The average molecular weight is 576 g/mol. The van der Waals surface area contributed by atoms with Crippen LogP contribution in [0.2, 0.25) is 5.02 Å². The molecule has 0 saturated carbocycles. The summed E-state index contributed by atoms with van der Waals surface area (Å²) < 4.78 is 6.41. The van der Waals surface area contributed by atoms with Crippen molar-refractivity contribution in [2.45, 2.75) is 64.7 Å². The number of hydrogen-bond acceptors (Lipinski definition) is 4. The molecule has 0 aliphatic heterocycles. The number of carboxylic acid groups (broad SMARTS) is 1. The Morgan fingerprint density at radius 2 is 1.75 bits per heavy atom. The first-order valence-corrected chi connectivity index (χ1v) is 15.2. The molecule has 40 heavy (non-hydrogen) atoms. The minimum absolute atomic E-state index is 0. The molecule has 2 atom stereocenters. The number of halogens is 1. The number of aryl methyl sites for hydroxylation is 1. The van der Waals surface area contributed by atoms with Crippen LogP contribution in [-0.4, -0.2) is 60.0 Å². The second-order valence-electron chi connectivity index (χ2n) is 9.71. The Kier molecular flexibility index (Phi) is 14.9. The SMILES string of the molecule is CCCCC(Cc1ccccc1Cl)OCc1ccc(C(=O)NC(CCSC)C(=O)O)c(-c2ccccc2C)c1.[LiH]. The molecule has 0 aliphatic carbocycles. The number of carbonyl (C=O) groups excluding carboxylic acids is 1. The van der Waals surface area contributed by atoms with Crippen molar-refractivity contribution in [1.82, 2.24) is 5.32 Å². The summed E-state index contributed by atoms with van der Waals surface area (Å²) >= 11 is 7.97. The van der Waals surface area contributed by atoms with E-state index in [9.17, 15) is 14.7 Å². The van der Waals surface area contributed by atoms with Gasteiger partial charge in [0, 0.05) is 17.0 Å². The van der Waals surface area contributed by atoms with Crippen LogP contribution in [0.25, 0.3) is 11.1 Å². The third kappa shape index (κ3) is 10.0. The van der Waals surface area contributed by atoms with Crippen molar-refractivity contribution in [2.24, 2.45) is 0 Å². The van der Waals surface area contributed by atoms with Crippen LogP contribution in [0.4, 0.5) is 0 Å². The fourth-order valence-corrected chi connectivity index (χ4v) is 5.19. The van der Waals surface area contributed by atoms with Crippen LogP contribution in [0.1, 0.15) is 59.7 Å². The molecule has 0 aliphatic rings. The first-order chi connectivity index (χ1) is 18.8. The van der Waals surface area contributed by atoms with Crippen LogP contribution in [0.15, 0.2) is 66.7 Å². The van der Waals surface area contributed by atoms with Gasteiger partial charge in [-0.25, -0.2) is 4.79 Å². The second-order valence-corrected chi connectivity index (χ2v) is 11.1. The molecule has 0 saturated heterocycles. The zero-order valence-electron chi connectivity index (χ0n) is 22.9. The quantitative estimate of drug-likeness (QED) is 0.192. The standard InChI is InChI=1S/C32H38ClNO4S.Li.H/c1-4-5-12-25(20-24-11-7-9-14-29(24)33)38-21-23-15-16-27(28(19-23)26-13-8-6-10-22(26)2)31(35)34-30(32(36)37)17-18-39-3;;/h6-11,13-16,19,25,30H,4-5,12,17-18,20-21H2,1-3H3,(H,34,35)(H,36,37);;. The molecule has 5 nitrogen and oxygen atoms in total. The predicted molar refractivity (Wildman–Crippen MR) is 169 cm³/mol. The molecule has 0 radical (unpaired) electrons. The number of rotatable bonds is 15. The fourth-order valence-electron chi connectivity index (χ4n) is 4.51. The number of carbonyl (C=O) groups is 2. The van der Waals surface area contributed by atoms with E-state index in [0.717, 1.165) is 58.5 Å².